The number of aromatic nitrogens is 4. The van der Waals surface area contributed by atoms with Gasteiger partial charge in [0.1, 0.15) is 17.6 Å². The molecular weight excluding hydrogens is 192 g/mol. The second-order valence-electron chi connectivity index (χ2n) is 2.63. The third-order valence-corrected chi connectivity index (χ3v) is 1.98. The van der Waals surface area contributed by atoms with Crippen molar-refractivity contribution in [1.29, 1.82) is 0 Å². The molecule has 0 aliphatic heterocycles. The topological polar surface area (TPSA) is 74.7 Å². The molecule has 2 rings (SSSR count). The van der Waals surface area contributed by atoms with Gasteiger partial charge in [0.2, 0.25) is 0 Å². The third-order valence-electron chi connectivity index (χ3n) is 1.72. The summed E-state index contributed by atoms with van der Waals surface area (Å²) in [6, 6.07) is 0. The lowest BCUT2D eigenvalue weighted by Crippen LogP contribution is -1.95. The van der Waals surface area contributed by atoms with E-state index in [0.717, 1.165) is 5.69 Å². The van der Waals surface area contributed by atoms with Crippen LogP contribution in [0.15, 0.2) is 0 Å². The lowest BCUT2D eigenvalue weighted by molar-refractivity contribution is 0.272. The van der Waals surface area contributed by atoms with E-state index in [1.165, 1.54) is 0 Å². The van der Waals surface area contributed by atoms with E-state index >= 15 is 0 Å². The van der Waals surface area contributed by atoms with E-state index in [2.05, 4.69) is 20.2 Å². The number of nitrogens with zero attached hydrogens (tertiary/aromatic N) is 3. The number of fused-ring (bicyclic) bond motifs is 1. The van der Waals surface area contributed by atoms with Crippen LogP contribution in [0.3, 0.4) is 0 Å². The number of halogens is 1. The first kappa shape index (κ1) is 8.40. The number of hydrogen-bond acceptors (Lipinski definition) is 4. The molecule has 13 heavy (non-hydrogen) atoms. The zero-order valence-corrected chi connectivity index (χ0v) is 7.63. The smallest absolute Gasteiger partial charge is 0.161 e. The quantitative estimate of drug-likeness (QED) is 0.665. The summed E-state index contributed by atoms with van der Waals surface area (Å²) < 4.78 is 0. The van der Waals surface area contributed by atoms with Crippen LogP contribution in [-0.2, 0) is 6.61 Å². The van der Waals surface area contributed by atoms with Crippen LogP contribution in [0, 0.1) is 6.92 Å². The summed E-state index contributed by atoms with van der Waals surface area (Å²) in [5.74, 6) is 0.307. The Kier molecular flexibility index (Phi) is 1.90. The van der Waals surface area contributed by atoms with Crippen molar-refractivity contribution in [3.05, 3.63) is 16.7 Å². The van der Waals surface area contributed by atoms with Crippen LogP contribution in [0.1, 0.15) is 11.5 Å². The summed E-state index contributed by atoms with van der Waals surface area (Å²) in [4.78, 5) is 7.93. The molecular formula is C7H7ClN4O. The molecule has 2 aromatic heterocycles. The highest BCUT2D eigenvalue weighted by Crippen LogP contribution is 2.19. The molecule has 5 nitrogen and oxygen atoms in total. The van der Waals surface area contributed by atoms with E-state index in [1.807, 2.05) is 6.92 Å². The van der Waals surface area contributed by atoms with Gasteiger partial charge in [0.05, 0.1) is 5.69 Å². The van der Waals surface area contributed by atoms with Gasteiger partial charge in [0.25, 0.3) is 0 Å². The van der Waals surface area contributed by atoms with E-state index in [9.17, 15) is 0 Å². The van der Waals surface area contributed by atoms with E-state index in [4.69, 9.17) is 16.7 Å². The second kappa shape index (κ2) is 2.93. The summed E-state index contributed by atoms with van der Waals surface area (Å²) in [5, 5.41) is 15.8. The molecule has 2 N–H and O–H groups in total. The van der Waals surface area contributed by atoms with Crippen LogP contribution >= 0.6 is 11.6 Å². The maximum atomic E-state index is 8.84. The molecule has 0 saturated heterocycles. The minimum absolute atomic E-state index is 0.222. The highest BCUT2D eigenvalue weighted by atomic mass is 35.5. The van der Waals surface area contributed by atoms with Crippen molar-refractivity contribution < 1.29 is 5.11 Å². The molecule has 0 amide bonds. The molecule has 0 aliphatic rings. The van der Waals surface area contributed by atoms with Gasteiger partial charge in [-0.1, -0.05) is 11.6 Å². The standard InChI is InChI=1S/C7H7ClN4O/c1-3-5-6(12-11-3)7(8)10-4(2-13)9-5/h13H,2H2,1H3,(H,11,12). The van der Waals surface area contributed by atoms with Gasteiger partial charge in [-0.2, -0.15) is 5.10 Å². The van der Waals surface area contributed by atoms with Gasteiger partial charge >= 0.3 is 0 Å². The summed E-state index contributed by atoms with van der Waals surface area (Å²) in [6.07, 6.45) is 0. The number of H-pyrrole nitrogens is 1. The molecule has 0 fully saturated rings. The number of aromatic amines is 1. The first-order chi connectivity index (χ1) is 6.22. The fourth-order valence-corrected chi connectivity index (χ4v) is 1.32. The average Bonchev–Trinajstić information content (AvgIpc) is 2.48. The first-order valence-electron chi connectivity index (χ1n) is 3.70. The largest absolute Gasteiger partial charge is 0.388 e. The predicted molar refractivity (Wildman–Crippen MR) is 47.4 cm³/mol. The minimum Gasteiger partial charge on any atom is -0.388 e. The molecule has 2 heterocycles. The SMILES string of the molecule is Cc1[nH]nc2c(Cl)nc(CO)nc12. The Labute approximate surface area is 78.8 Å². The lowest BCUT2D eigenvalue weighted by Gasteiger charge is -1.96. The van der Waals surface area contributed by atoms with E-state index in [-0.39, 0.29) is 11.8 Å². The van der Waals surface area contributed by atoms with Gasteiger partial charge < -0.3 is 5.11 Å². The van der Waals surface area contributed by atoms with Crippen LogP contribution in [0.2, 0.25) is 5.15 Å². The number of nitrogens with one attached hydrogen (secondary N) is 1. The fraction of sp³-hybridized carbons (Fsp3) is 0.286. The molecule has 0 radical (unpaired) electrons. The van der Waals surface area contributed by atoms with Gasteiger partial charge in [-0.15, -0.1) is 0 Å². The van der Waals surface area contributed by atoms with Crippen molar-refractivity contribution in [2.45, 2.75) is 13.5 Å². The number of aryl methyl sites for hydroxylation is 1. The van der Waals surface area contributed by atoms with Gasteiger partial charge in [-0.05, 0) is 6.92 Å². The molecule has 0 aliphatic carbocycles. The van der Waals surface area contributed by atoms with Gasteiger partial charge in [0.15, 0.2) is 11.0 Å². The molecule has 0 unspecified atom stereocenters. The van der Waals surface area contributed by atoms with Gasteiger partial charge in [0, 0.05) is 0 Å². The predicted octanol–water partition coefficient (Wildman–Crippen LogP) is 0.807. The van der Waals surface area contributed by atoms with E-state index < -0.39 is 0 Å². The van der Waals surface area contributed by atoms with Gasteiger partial charge in [-0.3, -0.25) is 5.10 Å². The normalized spacial score (nSPS) is 11.0. The van der Waals surface area contributed by atoms with Crippen molar-refractivity contribution in [2.75, 3.05) is 0 Å². The number of hydrogen-bond donors (Lipinski definition) is 2. The zero-order valence-electron chi connectivity index (χ0n) is 6.87. The molecule has 0 bridgehead atoms. The maximum absolute atomic E-state index is 8.84. The maximum Gasteiger partial charge on any atom is 0.161 e. The van der Waals surface area contributed by atoms with Gasteiger partial charge in [-0.25, -0.2) is 9.97 Å². The van der Waals surface area contributed by atoms with Crippen molar-refractivity contribution in [3.8, 4) is 0 Å². The second-order valence-corrected chi connectivity index (χ2v) is 2.99. The number of aliphatic hydroxyl groups is 1. The molecule has 0 spiro atoms. The highest BCUT2D eigenvalue weighted by Gasteiger charge is 2.09. The Morgan fingerprint density at radius 1 is 1.38 bits per heavy atom. The van der Waals surface area contributed by atoms with Crippen molar-refractivity contribution in [1.82, 2.24) is 20.2 Å². The molecule has 0 saturated carbocycles. The zero-order chi connectivity index (χ0) is 9.42. The van der Waals surface area contributed by atoms with Crippen LogP contribution in [-0.4, -0.2) is 25.3 Å². The first-order valence-corrected chi connectivity index (χ1v) is 4.08. The Hall–Kier alpha value is -1.20. The van der Waals surface area contributed by atoms with Crippen molar-refractivity contribution >= 4 is 22.6 Å². The van der Waals surface area contributed by atoms with Crippen molar-refractivity contribution in [3.63, 3.8) is 0 Å². The molecule has 2 aromatic rings. The Bertz CT molecular complexity index is 453. The monoisotopic (exact) mass is 198 g/mol. The number of aliphatic hydroxyl groups excluding tert-OH is 1. The summed E-state index contributed by atoms with van der Waals surface area (Å²) in [6.45, 7) is 1.61. The number of rotatable bonds is 1. The molecule has 6 heteroatoms. The summed E-state index contributed by atoms with van der Waals surface area (Å²) >= 11 is 5.81. The van der Waals surface area contributed by atoms with E-state index in [1.54, 1.807) is 0 Å². The Morgan fingerprint density at radius 2 is 2.15 bits per heavy atom. The minimum atomic E-state index is -0.222. The highest BCUT2D eigenvalue weighted by molar-refractivity contribution is 6.33. The lowest BCUT2D eigenvalue weighted by atomic mass is 10.3. The Morgan fingerprint density at radius 3 is 2.85 bits per heavy atom. The molecule has 0 atom stereocenters. The van der Waals surface area contributed by atoms with Crippen LogP contribution in [0.4, 0.5) is 0 Å². The molecule has 0 aromatic carbocycles. The summed E-state index contributed by atoms with van der Waals surface area (Å²) in [7, 11) is 0. The van der Waals surface area contributed by atoms with Crippen molar-refractivity contribution in [2.24, 2.45) is 0 Å². The average molecular weight is 199 g/mol. The van der Waals surface area contributed by atoms with Crippen LogP contribution in [0.25, 0.3) is 11.0 Å². The van der Waals surface area contributed by atoms with E-state index in [0.29, 0.717) is 16.9 Å². The van der Waals surface area contributed by atoms with Crippen LogP contribution in [0.5, 0.6) is 0 Å². The summed E-state index contributed by atoms with van der Waals surface area (Å²) in [5.41, 5.74) is 2.01. The third kappa shape index (κ3) is 1.26. The van der Waals surface area contributed by atoms with Crippen LogP contribution < -0.4 is 0 Å². The fourth-order valence-electron chi connectivity index (χ4n) is 1.09. The Balaban J connectivity index is 2.80. The molecule has 68 valence electrons.